The molecule has 3 aromatic rings. The molecule has 1 amide bonds. The van der Waals surface area contributed by atoms with Crippen molar-refractivity contribution >= 4 is 18.5 Å². The summed E-state index contributed by atoms with van der Waals surface area (Å²) in [4.78, 5) is 15.2. The van der Waals surface area contributed by atoms with Gasteiger partial charge in [0.25, 0.3) is 0 Å². The molecule has 6 heteroatoms. The normalized spacial score (nSPS) is 11.9. The standard InChI is InChI=1S/C18H16N2O3S/c1-22-14-8-6-12(7-9-14)11-2-4-13(5-3-11)15-10-20-18(23-15)16(24)17(19)21/h2-10,16,24H,1H3,(H2,19,21). The van der Waals surface area contributed by atoms with Gasteiger partial charge in [-0.3, -0.25) is 4.79 Å². The molecular formula is C18H16N2O3S. The van der Waals surface area contributed by atoms with E-state index in [4.69, 9.17) is 14.9 Å². The van der Waals surface area contributed by atoms with Crippen LogP contribution in [0.25, 0.3) is 22.5 Å². The number of hydrogen-bond donors (Lipinski definition) is 2. The summed E-state index contributed by atoms with van der Waals surface area (Å²) in [5.41, 5.74) is 8.22. The van der Waals surface area contributed by atoms with E-state index >= 15 is 0 Å². The highest BCUT2D eigenvalue weighted by atomic mass is 32.1. The number of carbonyl (C=O) groups excluding carboxylic acids is 1. The van der Waals surface area contributed by atoms with Crippen molar-refractivity contribution in [3.05, 3.63) is 60.6 Å². The topological polar surface area (TPSA) is 78.4 Å². The molecule has 0 spiro atoms. The van der Waals surface area contributed by atoms with E-state index in [1.165, 1.54) is 0 Å². The van der Waals surface area contributed by atoms with E-state index in [2.05, 4.69) is 17.6 Å². The molecule has 0 bridgehead atoms. The summed E-state index contributed by atoms with van der Waals surface area (Å²) in [5.74, 6) is 0.980. The fourth-order valence-corrected chi connectivity index (χ4v) is 2.40. The number of primary amides is 1. The summed E-state index contributed by atoms with van der Waals surface area (Å²) in [6.07, 6.45) is 1.56. The molecule has 5 nitrogen and oxygen atoms in total. The van der Waals surface area contributed by atoms with Crippen LogP contribution < -0.4 is 10.5 Å². The lowest BCUT2D eigenvalue weighted by Gasteiger charge is -2.05. The van der Waals surface area contributed by atoms with Gasteiger partial charge in [0.05, 0.1) is 13.3 Å². The molecule has 0 fully saturated rings. The molecule has 0 saturated heterocycles. The minimum absolute atomic E-state index is 0.195. The molecule has 2 N–H and O–H groups in total. The van der Waals surface area contributed by atoms with Crippen molar-refractivity contribution in [2.75, 3.05) is 7.11 Å². The van der Waals surface area contributed by atoms with Crippen LogP contribution in [0.3, 0.4) is 0 Å². The maximum atomic E-state index is 11.1. The number of amides is 1. The summed E-state index contributed by atoms with van der Waals surface area (Å²) < 4.78 is 10.7. The Hall–Kier alpha value is -2.73. The smallest absolute Gasteiger partial charge is 0.239 e. The number of benzene rings is 2. The van der Waals surface area contributed by atoms with Gasteiger partial charge in [0.1, 0.15) is 5.75 Å². The Bertz CT molecular complexity index is 841. The second-order valence-electron chi connectivity index (χ2n) is 5.17. The average Bonchev–Trinajstić information content (AvgIpc) is 3.11. The lowest BCUT2D eigenvalue weighted by Crippen LogP contribution is -2.17. The number of oxazole rings is 1. The quantitative estimate of drug-likeness (QED) is 0.697. The van der Waals surface area contributed by atoms with E-state index in [-0.39, 0.29) is 5.89 Å². The summed E-state index contributed by atoms with van der Waals surface area (Å²) in [6.45, 7) is 0. The van der Waals surface area contributed by atoms with E-state index in [9.17, 15) is 4.79 Å². The van der Waals surface area contributed by atoms with Crippen LogP contribution in [0, 0.1) is 0 Å². The van der Waals surface area contributed by atoms with Crippen molar-refractivity contribution in [3.63, 3.8) is 0 Å². The van der Waals surface area contributed by atoms with Crippen LogP contribution in [0.1, 0.15) is 11.1 Å². The molecule has 1 atom stereocenters. The Kier molecular flexibility index (Phi) is 4.57. The number of aromatic nitrogens is 1. The minimum atomic E-state index is -0.850. The zero-order chi connectivity index (χ0) is 17.1. The fourth-order valence-electron chi connectivity index (χ4n) is 2.28. The second kappa shape index (κ2) is 6.80. The van der Waals surface area contributed by atoms with Gasteiger partial charge in [-0.25, -0.2) is 4.98 Å². The molecule has 1 aromatic heterocycles. The molecule has 24 heavy (non-hydrogen) atoms. The van der Waals surface area contributed by atoms with E-state index in [1.807, 2.05) is 48.5 Å². The Labute approximate surface area is 144 Å². The van der Waals surface area contributed by atoms with Crippen LogP contribution in [-0.4, -0.2) is 18.0 Å². The molecule has 3 rings (SSSR count). The predicted molar refractivity (Wildman–Crippen MR) is 94.8 cm³/mol. The number of rotatable bonds is 5. The molecule has 0 aliphatic rings. The van der Waals surface area contributed by atoms with E-state index < -0.39 is 11.2 Å². The molecule has 2 aromatic carbocycles. The summed E-state index contributed by atoms with van der Waals surface area (Å²) >= 11 is 4.08. The highest BCUT2D eigenvalue weighted by Gasteiger charge is 2.19. The summed E-state index contributed by atoms with van der Waals surface area (Å²) in [7, 11) is 1.64. The van der Waals surface area contributed by atoms with Gasteiger partial charge < -0.3 is 14.9 Å². The van der Waals surface area contributed by atoms with Gasteiger partial charge in [0, 0.05) is 5.56 Å². The SMILES string of the molecule is COc1ccc(-c2ccc(-c3cnc(C(S)C(N)=O)o3)cc2)cc1. The van der Waals surface area contributed by atoms with Crippen LogP contribution in [-0.2, 0) is 4.79 Å². The number of thiol groups is 1. The molecule has 1 unspecified atom stereocenters. The van der Waals surface area contributed by atoms with Gasteiger partial charge >= 0.3 is 0 Å². The van der Waals surface area contributed by atoms with Gasteiger partial charge in [-0.1, -0.05) is 36.4 Å². The van der Waals surface area contributed by atoms with Crippen LogP contribution in [0.4, 0.5) is 0 Å². The Morgan fingerprint density at radius 3 is 2.17 bits per heavy atom. The molecule has 0 aliphatic heterocycles. The van der Waals surface area contributed by atoms with E-state index in [1.54, 1.807) is 13.3 Å². The first kappa shape index (κ1) is 16.1. The number of methoxy groups -OCH3 is 1. The van der Waals surface area contributed by atoms with Gasteiger partial charge in [-0.2, -0.15) is 12.6 Å². The Morgan fingerprint density at radius 2 is 1.62 bits per heavy atom. The number of hydrogen-bond acceptors (Lipinski definition) is 5. The summed E-state index contributed by atoms with van der Waals surface area (Å²) in [5, 5.41) is -0.850. The fraction of sp³-hybridized carbons (Fsp3) is 0.111. The molecule has 0 aliphatic carbocycles. The predicted octanol–water partition coefficient (Wildman–Crippen LogP) is 3.47. The lowest BCUT2D eigenvalue weighted by atomic mass is 10.0. The van der Waals surface area contributed by atoms with Crippen molar-refractivity contribution < 1.29 is 13.9 Å². The number of nitrogens with zero attached hydrogens (tertiary/aromatic N) is 1. The zero-order valence-electron chi connectivity index (χ0n) is 13.0. The van der Waals surface area contributed by atoms with Crippen molar-refractivity contribution in [1.29, 1.82) is 0 Å². The highest BCUT2D eigenvalue weighted by Crippen LogP contribution is 2.28. The number of nitrogens with two attached hydrogens (primary N) is 1. The number of ether oxygens (including phenoxy) is 1. The van der Waals surface area contributed by atoms with Gasteiger partial charge in [0.15, 0.2) is 11.0 Å². The third-order valence-electron chi connectivity index (χ3n) is 3.62. The highest BCUT2D eigenvalue weighted by molar-refractivity contribution is 7.81. The van der Waals surface area contributed by atoms with Crippen LogP contribution >= 0.6 is 12.6 Å². The first-order chi connectivity index (χ1) is 11.6. The number of carbonyl (C=O) groups is 1. The van der Waals surface area contributed by atoms with Crippen molar-refractivity contribution in [2.45, 2.75) is 5.25 Å². The molecule has 1 heterocycles. The van der Waals surface area contributed by atoms with Crippen LogP contribution in [0.5, 0.6) is 5.75 Å². The summed E-state index contributed by atoms with van der Waals surface area (Å²) in [6, 6.07) is 15.7. The zero-order valence-corrected chi connectivity index (χ0v) is 13.9. The molecule has 122 valence electrons. The second-order valence-corrected chi connectivity index (χ2v) is 5.69. The maximum absolute atomic E-state index is 11.1. The van der Waals surface area contributed by atoms with Crippen molar-refractivity contribution in [2.24, 2.45) is 5.73 Å². The van der Waals surface area contributed by atoms with Crippen LogP contribution in [0.15, 0.2) is 59.1 Å². The monoisotopic (exact) mass is 340 g/mol. The van der Waals surface area contributed by atoms with Crippen molar-refractivity contribution in [3.8, 4) is 28.2 Å². The average molecular weight is 340 g/mol. The largest absolute Gasteiger partial charge is 0.497 e. The first-order valence-corrected chi connectivity index (χ1v) is 7.78. The van der Waals surface area contributed by atoms with Gasteiger partial charge in [0.2, 0.25) is 11.8 Å². The van der Waals surface area contributed by atoms with Crippen molar-refractivity contribution in [1.82, 2.24) is 4.98 Å². The van der Waals surface area contributed by atoms with Crippen LogP contribution in [0.2, 0.25) is 0 Å². The maximum Gasteiger partial charge on any atom is 0.239 e. The molecular weight excluding hydrogens is 324 g/mol. The third kappa shape index (κ3) is 3.28. The minimum Gasteiger partial charge on any atom is -0.497 e. The van der Waals surface area contributed by atoms with E-state index in [0.717, 1.165) is 22.4 Å². The lowest BCUT2D eigenvalue weighted by molar-refractivity contribution is -0.117. The first-order valence-electron chi connectivity index (χ1n) is 7.26. The van der Waals surface area contributed by atoms with E-state index in [0.29, 0.717) is 5.76 Å². The van der Waals surface area contributed by atoms with Gasteiger partial charge in [-0.05, 0) is 23.3 Å². The third-order valence-corrected chi connectivity index (χ3v) is 4.10. The Morgan fingerprint density at radius 1 is 1.08 bits per heavy atom. The van der Waals surface area contributed by atoms with Gasteiger partial charge in [-0.15, -0.1) is 0 Å². The molecule has 0 saturated carbocycles. The Balaban J connectivity index is 1.82. The molecule has 0 radical (unpaired) electrons.